The highest BCUT2D eigenvalue weighted by molar-refractivity contribution is 9.10. The van der Waals surface area contributed by atoms with E-state index in [4.69, 9.17) is 4.74 Å². The van der Waals surface area contributed by atoms with Crippen molar-refractivity contribution >= 4 is 21.8 Å². The Morgan fingerprint density at radius 1 is 1.61 bits per heavy atom. The van der Waals surface area contributed by atoms with Crippen molar-refractivity contribution in [1.82, 2.24) is 5.32 Å². The highest BCUT2D eigenvalue weighted by Gasteiger charge is 2.24. The zero-order valence-electron chi connectivity index (χ0n) is 10.1. The van der Waals surface area contributed by atoms with Gasteiger partial charge in [-0.1, -0.05) is 6.07 Å². The molecule has 18 heavy (non-hydrogen) atoms. The van der Waals surface area contributed by atoms with Crippen LogP contribution in [-0.2, 0) is 4.74 Å². The molecule has 0 bridgehead atoms. The summed E-state index contributed by atoms with van der Waals surface area (Å²) < 4.78 is 19.3. The number of carbonyl (C=O) groups excluding carboxylic acids is 1. The van der Waals surface area contributed by atoms with E-state index < -0.39 is 5.82 Å². The average molecular weight is 316 g/mol. The highest BCUT2D eigenvalue weighted by Crippen LogP contribution is 2.20. The molecule has 98 valence electrons. The van der Waals surface area contributed by atoms with Crippen LogP contribution in [0, 0.1) is 11.7 Å². The number of hydrogen-bond acceptors (Lipinski definition) is 2. The summed E-state index contributed by atoms with van der Waals surface area (Å²) in [5.41, 5.74) is 0.0649. The van der Waals surface area contributed by atoms with Crippen LogP contribution in [0.25, 0.3) is 0 Å². The highest BCUT2D eigenvalue weighted by atomic mass is 79.9. The van der Waals surface area contributed by atoms with Crippen molar-refractivity contribution in [1.29, 1.82) is 0 Å². The molecule has 1 fully saturated rings. The summed E-state index contributed by atoms with van der Waals surface area (Å²) in [6, 6.07) is 4.68. The first-order chi connectivity index (χ1) is 8.59. The molecule has 0 aromatic heterocycles. The Bertz CT molecular complexity index is 447. The third-order valence-electron chi connectivity index (χ3n) is 3.23. The molecular formula is C13H15BrFNO2. The van der Waals surface area contributed by atoms with Crippen LogP contribution in [0.2, 0.25) is 0 Å². The van der Waals surface area contributed by atoms with E-state index in [2.05, 4.69) is 21.2 Å². The van der Waals surface area contributed by atoms with Crippen LogP contribution in [0.15, 0.2) is 22.7 Å². The van der Waals surface area contributed by atoms with E-state index in [1.807, 2.05) is 6.92 Å². The molecule has 5 heteroatoms. The lowest BCUT2D eigenvalue weighted by molar-refractivity contribution is 0.0918. The van der Waals surface area contributed by atoms with Gasteiger partial charge >= 0.3 is 0 Å². The number of ether oxygens (including phenoxy) is 1. The van der Waals surface area contributed by atoms with Crippen LogP contribution >= 0.6 is 15.9 Å². The maximum atomic E-state index is 13.7. The normalized spacial score (nSPS) is 20.7. The largest absolute Gasteiger partial charge is 0.381 e. The molecule has 1 aromatic rings. The molecule has 0 aliphatic carbocycles. The summed E-state index contributed by atoms with van der Waals surface area (Å²) in [7, 11) is 0. The van der Waals surface area contributed by atoms with E-state index in [0.29, 0.717) is 17.0 Å². The number of halogens is 2. The molecule has 1 amide bonds. The van der Waals surface area contributed by atoms with Crippen molar-refractivity contribution in [2.75, 3.05) is 13.2 Å². The zero-order valence-corrected chi connectivity index (χ0v) is 11.7. The molecule has 1 aliphatic heterocycles. The van der Waals surface area contributed by atoms with Gasteiger partial charge in [0.05, 0.1) is 16.6 Å². The minimum Gasteiger partial charge on any atom is -0.381 e. The van der Waals surface area contributed by atoms with Gasteiger partial charge < -0.3 is 10.1 Å². The van der Waals surface area contributed by atoms with Crippen molar-refractivity contribution in [2.45, 2.75) is 19.4 Å². The Morgan fingerprint density at radius 2 is 2.39 bits per heavy atom. The van der Waals surface area contributed by atoms with Crippen LogP contribution < -0.4 is 5.32 Å². The van der Waals surface area contributed by atoms with Gasteiger partial charge in [-0.2, -0.15) is 0 Å². The second kappa shape index (κ2) is 5.80. The van der Waals surface area contributed by atoms with Crippen LogP contribution in [0.1, 0.15) is 23.7 Å². The molecule has 2 unspecified atom stereocenters. The predicted octanol–water partition coefficient (Wildman–Crippen LogP) is 2.74. The standard InChI is InChI=1S/C13H15BrFNO2/c1-8(9-5-6-18-7-9)16-13(17)10-3-2-4-11(14)12(10)15/h2-4,8-9H,5-7H2,1H3,(H,16,17). The summed E-state index contributed by atoms with van der Waals surface area (Å²) >= 11 is 3.07. The van der Waals surface area contributed by atoms with E-state index in [1.54, 1.807) is 12.1 Å². The fourth-order valence-electron chi connectivity index (χ4n) is 2.03. The fraction of sp³-hybridized carbons (Fsp3) is 0.462. The number of hydrogen-bond donors (Lipinski definition) is 1. The van der Waals surface area contributed by atoms with Gasteiger partial charge in [0.25, 0.3) is 5.91 Å². The van der Waals surface area contributed by atoms with Gasteiger partial charge in [0.2, 0.25) is 0 Å². The van der Waals surface area contributed by atoms with Crippen LogP contribution in [0.3, 0.4) is 0 Å². The van der Waals surface area contributed by atoms with Gasteiger partial charge in [0, 0.05) is 18.6 Å². The smallest absolute Gasteiger partial charge is 0.254 e. The minimum absolute atomic E-state index is 0.0154. The summed E-state index contributed by atoms with van der Waals surface area (Å²) in [6.07, 6.45) is 0.933. The number of rotatable bonds is 3. The molecule has 2 rings (SSSR count). The first kappa shape index (κ1) is 13.5. The van der Waals surface area contributed by atoms with Gasteiger partial charge in [-0.3, -0.25) is 4.79 Å². The summed E-state index contributed by atoms with van der Waals surface area (Å²) in [5.74, 6) is -0.595. The van der Waals surface area contributed by atoms with Crippen LogP contribution in [0.4, 0.5) is 4.39 Å². The third kappa shape index (κ3) is 2.90. The molecule has 3 nitrogen and oxygen atoms in total. The fourth-order valence-corrected chi connectivity index (χ4v) is 2.39. The maximum Gasteiger partial charge on any atom is 0.254 e. The van der Waals surface area contributed by atoms with E-state index in [0.717, 1.165) is 13.0 Å². The van der Waals surface area contributed by atoms with Gasteiger partial charge in [0.15, 0.2) is 0 Å². The molecule has 1 saturated heterocycles. The van der Waals surface area contributed by atoms with E-state index in [9.17, 15) is 9.18 Å². The monoisotopic (exact) mass is 315 g/mol. The van der Waals surface area contributed by atoms with Gasteiger partial charge in [0.1, 0.15) is 5.82 Å². The average Bonchev–Trinajstić information content (AvgIpc) is 2.86. The quantitative estimate of drug-likeness (QED) is 0.931. The van der Waals surface area contributed by atoms with Crippen molar-refractivity contribution in [3.8, 4) is 0 Å². The Balaban J connectivity index is 2.05. The minimum atomic E-state index is -0.523. The van der Waals surface area contributed by atoms with Crippen LogP contribution in [-0.4, -0.2) is 25.2 Å². The van der Waals surface area contributed by atoms with Crippen molar-refractivity contribution in [3.05, 3.63) is 34.1 Å². The Labute approximate surface area is 114 Å². The predicted molar refractivity (Wildman–Crippen MR) is 70.0 cm³/mol. The van der Waals surface area contributed by atoms with Gasteiger partial charge in [-0.25, -0.2) is 4.39 Å². The third-order valence-corrected chi connectivity index (χ3v) is 3.84. The van der Waals surface area contributed by atoms with Gasteiger partial charge in [-0.15, -0.1) is 0 Å². The molecule has 0 saturated carbocycles. The van der Waals surface area contributed by atoms with Crippen LogP contribution in [0.5, 0.6) is 0 Å². The summed E-state index contributed by atoms with van der Waals surface area (Å²) in [4.78, 5) is 12.0. The van der Waals surface area contributed by atoms with Crippen molar-refractivity contribution in [3.63, 3.8) is 0 Å². The van der Waals surface area contributed by atoms with Crippen molar-refractivity contribution in [2.24, 2.45) is 5.92 Å². The number of benzene rings is 1. The van der Waals surface area contributed by atoms with E-state index in [1.165, 1.54) is 6.07 Å². The zero-order chi connectivity index (χ0) is 13.1. The lowest BCUT2D eigenvalue weighted by Crippen LogP contribution is -2.38. The SMILES string of the molecule is CC(NC(=O)c1cccc(Br)c1F)C1CCOC1. The lowest BCUT2D eigenvalue weighted by atomic mass is 10.0. The second-order valence-electron chi connectivity index (χ2n) is 4.49. The molecule has 1 heterocycles. The second-order valence-corrected chi connectivity index (χ2v) is 5.34. The Kier molecular flexibility index (Phi) is 4.35. The molecule has 0 radical (unpaired) electrons. The number of carbonyl (C=O) groups is 1. The molecular weight excluding hydrogens is 301 g/mol. The molecule has 1 aromatic carbocycles. The molecule has 2 atom stereocenters. The molecule has 1 N–H and O–H groups in total. The molecule has 1 aliphatic rings. The maximum absolute atomic E-state index is 13.7. The van der Waals surface area contributed by atoms with E-state index >= 15 is 0 Å². The Hall–Kier alpha value is -0.940. The topological polar surface area (TPSA) is 38.3 Å². The number of nitrogens with one attached hydrogen (secondary N) is 1. The number of amides is 1. The van der Waals surface area contributed by atoms with E-state index in [-0.39, 0.29) is 17.5 Å². The summed E-state index contributed by atoms with van der Waals surface area (Å²) in [5, 5.41) is 2.83. The summed E-state index contributed by atoms with van der Waals surface area (Å²) in [6.45, 7) is 3.31. The van der Waals surface area contributed by atoms with Gasteiger partial charge in [-0.05, 0) is 41.4 Å². The van der Waals surface area contributed by atoms with Crippen molar-refractivity contribution < 1.29 is 13.9 Å². The molecule has 0 spiro atoms. The Morgan fingerprint density at radius 3 is 3.06 bits per heavy atom. The lowest BCUT2D eigenvalue weighted by Gasteiger charge is -2.19. The first-order valence-electron chi connectivity index (χ1n) is 5.92. The first-order valence-corrected chi connectivity index (χ1v) is 6.71.